The molecule has 30 heavy (non-hydrogen) atoms. The van der Waals surface area contributed by atoms with E-state index >= 15 is 0 Å². The monoisotopic (exact) mass is 414 g/mol. The zero-order valence-corrected chi connectivity index (χ0v) is 20.0. The van der Waals surface area contributed by atoms with E-state index in [9.17, 15) is 0 Å². The summed E-state index contributed by atoms with van der Waals surface area (Å²) in [7, 11) is 0.972. The minimum atomic E-state index is -1.24. The summed E-state index contributed by atoms with van der Waals surface area (Å²) in [5.74, 6) is 0.748. The largest absolute Gasteiger partial charge is 0.220 e. The lowest BCUT2D eigenvalue weighted by molar-refractivity contribution is -0.659. The number of aryl methyl sites for hydroxylation is 2. The molecule has 2 aliphatic rings. The van der Waals surface area contributed by atoms with Gasteiger partial charge in [0, 0.05) is 11.6 Å². The topological polar surface area (TPSA) is 3.88 Å². The van der Waals surface area contributed by atoms with E-state index in [1.807, 2.05) is 0 Å². The minimum absolute atomic E-state index is 0.748. The van der Waals surface area contributed by atoms with E-state index in [4.69, 9.17) is 0 Å². The summed E-state index contributed by atoms with van der Waals surface area (Å²) in [6.07, 6.45) is 12.0. The van der Waals surface area contributed by atoms with Crippen LogP contribution < -0.4 is 9.75 Å². The molecule has 0 unspecified atom stereocenters. The third kappa shape index (κ3) is 3.54. The Bertz CT molecular complexity index is 1070. The molecule has 1 nitrogen and oxygen atoms in total. The molecular weight excluding hydrogens is 378 g/mol. The molecule has 0 spiro atoms. The van der Waals surface area contributed by atoms with Gasteiger partial charge in [-0.25, -0.2) is 4.57 Å². The Balaban J connectivity index is 1.62. The normalized spacial score (nSPS) is 19.4. The van der Waals surface area contributed by atoms with E-state index in [1.165, 1.54) is 84.6 Å². The number of hydrogen-bond donors (Lipinski definition) is 0. The predicted molar refractivity (Wildman–Crippen MR) is 131 cm³/mol. The average molecular weight is 415 g/mol. The van der Waals surface area contributed by atoms with Crippen LogP contribution >= 0.6 is 0 Å². The van der Waals surface area contributed by atoms with Crippen LogP contribution in [-0.4, -0.2) is 8.07 Å². The third-order valence-electron chi connectivity index (χ3n) is 8.13. The second-order valence-corrected chi connectivity index (χ2v) is 15.0. The first-order valence-corrected chi connectivity index (χ1v) is 15.0. The molecular formula is C28H36NSi+. The summed E-state index contributed by atoms with van der Waals surface area (Å²) >= 11 is 0. The summed E-state index contributed by atoms with van der Waals surface area (Å²) in [5.41, 5.74) is 5.74. The first-order chi connectivity index (χ1) is 14.5. The molecule has 0 atom stereocenters. The molecule has 1 saturated carbocycles. The van der Waals surface area contributed by atoms with Gasteiger partial charge >= 0.3 is 0 Å². The molecule has 2 aromatic carbocycles. The molecule has 0 N–H and O–H groups in total. The van der Waals surface area contributed by atoms with Crippen LogP contribution in [0.25, 0.3) is 22.0 Å². The fourth-order valence-corrected chi connectivity index (χ4v) is 9.99. The molecule has 2 fully saturated rings. The second-order valence-electron chi connectivity index (χ2n) is 10.3. The number of benzene rings is 2. The fraction of sp³-hybridized carbons (Fsp3) is 0.464. The van der Waals surface area contributed by atoms with Crippen LogP contribution in [0.15, 0.2) is 48.7 Å². The first kappa shape index (κ1) is 20.0. The van der Waals surface area contributed by atoms with Crippen molar-refractivity contribution in [2.24, 2.45) is 7.05 Å². The van der Waals surface area contributed by atoms with Gasteiger partial charge in [-0.1, -0.05) is 80.2 Å². The maximum Gasteiger partial charge on any atom is 0.220 e. The summed E-state index contributed by atoms with van der Waals surface area (Å²) in [6, 6.07) is 20.0. The van der Waals surface area contributed by atoms with Gasteiger partial charge in [0.2, 0.25) is 5.69 Å². The van der Waals surface area contributed by atoms with Crippen molar-refractivity contribution in [3.63, 3.8) is 0 Å². The van der Waals surface area contributed by atoms with Gasteiger partial charge in [0.25, 0.3) is 0 Å². The molecule has 5 rings (SSSR count). The van der Waals surface area contributed by atoms with Crippen molar-refractivity contribution < 1.29 is 4.57 Å². The van der Waals surface area contributed by atoms with E-state index in [-0.39, 0.29) is 0 Å². The highest BCUT2D eigenvalue weighted by Gasteiger charge is 2.33. The van der Waals surface area contributed by atoms with Crippen molar-refractivity contribution in [3.05, 3.63) is 59.8 Å². The number of nitrogens with zero attached hydrogens (tertiary/aromatic N) is 1. The SMILES string of the molecule is Cc1ccc(C2CCCCC2)cc1-c1c2ccc([Si]3(C)CCCC3)cc2cc[n+]1C. The lowest BCUT2D eigenvalue weighted by Gasteiger charge is -2.23. The molecule has 2 heteroatoms. The lowest BCUT2D eigenvalue weighted by Crippen LogP contribution is -2.41. The van der Waals surface area contributed by atoms with Gasteiger partial charge in [-0.15, -0.1) is 0 Å². The van der Waals surface area contributed by atoms with Crippen molar-refractivity contribution >= 4 is 24.0 Å². The fourth-order valence-electron chi connectivity index (χ4n) is 6.11. The molecule has 0 amide bonds. The van der Waals surface area contributed by atoms with Gasteiger partial charge in [0.15, 0.2) is 6.20 Å². The zero-order chi connectivity index (χ0) is 20.7. The Morgan fingerprint density at radius 1 is 0.867 bits per heavy atom. The van der Waals surface area contributed by atoms with Crippen molar-refractivity contribution in [3.8, 4) is 11.3 Å². The minimum Gasteiger partial charge on any atom is -0.200 e. The van der Waals surface area contributed by atoms with Crippen LogP contribution in [0, 0.1) is 6.92 Å². The Kier molecular flexibility index (Phi) is 5.31. The standard InChI is InChI=1S/C28H36NSi/c1-21-11-12-23(22-9-5-4-6-10-22)20-27(21)28-26-14-13-25(30(3)17-7-8-18-30)19-24(26)15-16-29(28)2/h11-16,19-20,22H,4-10,17-18H2,1-3H3/q+1. The van der Waals surface area contributed by atoms with Gasteiger partial charge in [0.05, 0.1) is 13.5 Å². The number of hydrogen-bond acceptors (Lipinski definition) is 0. The van der Waals surface area contributed by atoms with Crippen molar-refractivity contribution in [2.75, 3.05) is 0 Å². The predicted octanol–water partition coefficient (Wildman–Crippen LogP) is 6.77. The van der Waals surface area contributed by atoms with Crippen LogP contribution in [0.1, 0.15) is 62.0 Å². The molecule has 0 bridgehead atoms. The van der Waals surface area contributed by atoms with Crippen molar-refractivity contribution in [1.29, 1.82) is 0 Å². The second kappa shape index (κ2) is 7.96. The van der Waals surface area contributed by atoms with E-state index < -0.39 is 8.07 Å². The van der Waals surface area contributed by atoms with Crippen LogP contribution in [0.3, 0.4) is 0 Å². The number of aromatic nitrogens is 1. The van der Waals surface area contributed by atoms with Crippen molar-refractivity contribution in [2.45, 2.75) is 76.4 Å². The molecule has 156 valence electrons. The highest BCUT2D eigenvalue weighted by Crippen LogP contribution is 2.37. The summed E-state index contributed by atoms with van der Waals surface area (Å²) in [6.45, 7) is 4.88. The van der Waals surface area contributed by atoms with Crippen LogP contribution in [0.2, 0.25) is 18.6 Å². The molecule has 1 saturated heterocycles. The van der Waals surface area contributed by atoms with Crippen molar-refractivity contribution in [1.82, 2.24) is 0 Å². The van der Waals surface area contributed by atoms with E-state index in [0.29, 0.717) is 0 Å². The highest BCUT2D eigenvalue weighted by atomic mass is 28.3. The van der Waals surface area contributed by atoms with E-state index in [1.54, 1.807) is 10.8 Å². The van der Waals surface area contributed by atoms with Crippen LogP contribution in [0.4, 0.5) is 0 Å². The summed E-state index contributed by atoms with van der Waals surface area (Å²) in [5, 5.41) is 4.49. The zero-order valence-electron chi connectivity index (χ0n) is 19.0. The van der Waals surface area contributed by atoms with Gasteiger partial charge in [-0.05, 0) is 54.3 Å². The quantitative estimate of drug-likeness (QED) is 0.329. The Hall–Kier alpha value is -1.93. The van der Waals surface area contributed by atoms with Gasteiger partial charge < -0.3 is 0 Å². The van der Waals surface area contributed by atoms with Crippen LogP contribution in [0.5, 0.6) is 0 Å². The Morgan fingerprint density at radius 2 is 1.63 bits per heavy atom. The molecule has 2 heterocycles. The lowest BCUT2D eigenvalue weighted by atomic mass is 9.82. The molecule has 3 aromatic rings. The van der Waals surface area contributed by atoms with Gasteiger partial charge in [0.1, 0.15) is 7.05 Å². The van der Waals surface area contributed by atoms with E-state index in [2.05, 4.69) is 73.7 Å². The molecule has 1 aromatic heterocycles. The summed E-state index contributed by atoms with van der Waals surface area (Å²) < 4.78 is 2.34. The Morgan fingerprint density at radius 3 is 2.40 bits per heavy atom. The average Bonchev–Trinajstić information content (AvgIpc) is 3.22. The molecule has 1 aliphatic carbocycles. The molecule has 1 aliphatic heterocycles. The van der Waals surface area contributed by atoms with Gasteiger partial charge in [-0.2, -0.15) is 0 Å². The Labute approximate surface area is 183 Å². The number of pyridine rings is 1. The molecule has 0 radical (unpaired) electrons. The number of fused-ring (bicyclic) bond motifs is 1. The smallest absolute Gasteiger partial charge is 0.200 e. The highest BCUT2D eigenvalue weighted by molar-refractivity contribution is 6.91. The number of rotatable bonds is 3. The van der Waals surface area contributed by atoms with E-state index in [0.717, 1.165) is 5.92 Å². The van der Waals surface area contributed by atoms with Crippen LogP contribution in [-0.2, 0) is 7.05 Å². The van der Waals surface area contributed by atoms with Gasteiger partial charge in [-0.3, -0.25) is 0 Å². The first-order valence-electron chi connectivity index (χ1n) is 12.1. The third-order valence-corrected chi connectivity index (χ3v) is 12.8. The summed E-state index contributed by atoms with van der Waals surface area (Å²) in [4.78, 5) is 0. The maximum atomic E-state index is 2.60. The maximum absolute atomic E-state index is 2.60.